The summed E-state index contributed by atoms with van der Waals surface area (Å²) in [5.41, 5.74) is 0.722. The van der Waals surface area contributed by atoms with Crippen molar-refractivity contribution in [2.75, 3.05) is 20.2 Å². The minimum atomic E-state index is 0.722. The molecule has 2 fully saturated rings. The van der Waals surface area contributed by atoms with E-state index in [1.165, 1.54) is 37.2 Å². The van der Waals surface area contributed by atoms with Crippen LogP contribution in [0.2, 0.25) is 0 Å². The third-order valence-corrected chi connectivity index (χ3v) is 4.71. The zero-order valence-corrected chi connectivity index (χ0v) is 10.4. The van der Waals surface area contributed by atoms with Crippen molar-refractivity contribution in [2.24, 2.45) is 5.41 Å². The van der Waals surface area contributed by atoms with Crippen LogP contribution in [0, 0.1) is 5.41 Å². The summed E-state index contributed by atoms with van der Waals surface area (Å²) >= 11 is 1.89. The Morgan fingerprint density at radius 2 is 1.94 bits per heavy atom. The van der Waals surface area contributed by atoms with E-state index in [0.29, 0.717) is 0 Å². The fourth-order valence-electron chi connectivity index (χ4n) is 2.34. The molecule has 86 valence electrons. The lowest BCUT2D eigenvalue weighted by molar-refractivity contribution is 0.414. The fourth-order valence-corrected chi connectivity index (χ4v) is 3.42. The van der Waals surface area contributed by atoms with Crippen molar-refractivity contribution in [1.82, 2.24) is 4.31 Å². The van der Waals surface area contributed by atoms with Crippen molar-refractivity contribution >= 4 is 11.9 Å². The van der Waals surface area contributed by atoms with Gasteiger partial charge < -0.3 is 4.74 Å². The van der Waals surface area contributed by atoms with Crippen molar-refractivity contribution in [1.29, 1.82) is 0 Å². The second-order valence-electron chi connectivity index (χ2n) is 4.88. The van der Waals surface area contributed by atoms with Crippen LogP contribution in [0.5, 0.6) is 5.75 Å². The molecule has 1 aliphatic carbocycles. The highest BCUT2D eigenvalue weighted by atomic mass is 32.2. The van der Waals surface area contributed by atoms with Crippen LogP contribution in [0.3, 0.4) is 0 Å². The van der Waals surface area contributed by atoms with E-state index in [2.05, 4.69) is 16.4 Å². The van der Waals surface area contributed by atoms with Crippen molar-refractivity contribution in [3.63, 3.8) is 0 Å². The first-order chi connectivity index (χ1) is 7.80. The Morgan fingerprint density at radius 1 is 1.19 bits per heavy atom. The molecule has 0 bridgehead atoms. The molecule has 0 radical (unpaired) electrons. The van der Waals surface area contributed by atoms with Crippen molar-refractivity contribution < 1.29 is 4.74 Å². The molecule has 1 aromatic carbocycles. The average molecular weight is 235 g/mol. The maximum atomic E-state index is 5.16. The molecule has 0 amide bonds. The maximum absolute atomic E-state index is 5.16. The predicted octanol–water partition coefficient (Wildman–Crippen LogP) is 3.19. The molecule has 0 N–H and O–H groups in total. The van der Waals surface area contributed by atoms with Crippen LogP contribution in [0.1, 0.15) is 19.3 Å². The Balaban J connectivity index is 1.61. The van der Waals surface area contributed by atoms with Crippen LogP contribution in [0.25, 0.3) is 0 Å². The summed E-state index contributed by atoms with van der Waals surface area (Å²) in [6.45, 7) is 2.53. The van der Waals surface area contributed by atoms with Gasteiger partial charge in [0.05, 0.1) is 7.11 Å². The van der Waals surface area contributed by atoms with Gasteiger partial charge in [0.25, 0.3) is 0 Å². The van der Waals surface area contributed by atoms with E-state index in [1.807, 2.05) is 24.1 Å². The molecule has 1 aromatic rings. The quantitative estimate of drug-likeness (QED) is 0.747. The first-order valence-corrected chi connectivity index (χ1v) is 6.64. The SMILES string of the molecule is COc1ccc(SN2CCC3(CC3)C2)cc1. The lowest BCUT2D eigenvalue weighted by Crippen LogP contribution is -2.11. The summed E-state index contributed by atoms with van der Waals surface area (Å²) in [6.07, 6.45) is 4.30. The maximum Gasteiger partial charge on any atom is 0.118 e. The molecular formula is C13H17NOS. The first kappa shape index (κ1) is 10.5. The number of hydrogen-bond acceptors (Lipinski definition) is 3. The third kappa shape index (κ3) is 2.06. The van der Waals surface area contributed by atoms with Gasteiger partial charge in [-0.1, -0.05) is 0 Å². The zero-order valence-electron chi connectivity index (χ0n) is 9.61. The Hall–Kier alpha value is -0.670. The van der Waals surface area contributed by atoms with Gasteiger partial charge in [-0.15, -0.1) is 0 Å². The monoisotopic (exact) mass is 235 g/mol. The lowest BCUT2D eigenvalue weighted by Gasteiger charge is -2.14. The highest BCUT2D eigenvalue weighted by Crippen LogP contribution is 2.54. The van der Waals surface area contributed by atoms with Crippen LogP contribution in [0.15, 0.2) is 29.2 Å². The largest absolute Gasteiger partial charge is 0.497 e. The second kappa shape index (κ2) is 3.97. The normalized spacial score (nSPS) is 22.6. The van der Waals surface area contributed by atoms with Gasteiger partial charge in [0, 0.05) is 18.0 Å². The Kier molecular flexibility index (Phi) is 2.60. The van der Waals surface area contributed by atoms with Gasteiger partial charge in [-0.2, -0.15) is 0 Å². The molecule has 0 unspecified atom stereocenters. The number of hydrogen-bond donors (Lipinski definition) is 0. The molecule has 2 aliphatic rings. The van der Waals surface area contributed by atoms with E-state index in [0.717, 1.165) is 11.2 Å². The Morgan fingerprint density at radius 3 is 2.50 bits per heavy atom. The third-order valence-electron chi connectivity index (χ3n) is 3.65. The smallest absolute Gasteiger partial charge is 0.118 e. The fraction of sp³-hybridized carbons (Fsp3) is 0.538. The highest BCUT2D eigenvalue weighted by Gasteiger charge is 2.47. The van der Waals surface area contributed by atoms with Crippen molar-refractivity contribution in [2.45, 2.75) is 24.2 Å². The predicted molar refractivity (Wildman–Crippen MR) is 66.7 cm³/mol. The first-order valence-electron chi connectivity index (χ1n) is 5.87. The highest BCUT2D eigenvalue weighted by molar-refractivity contribution is 7.97. The van der Waals surface area contributed by atoms with Crippen molar-refractivity contribution in [3.05, 3.63) is 24.3 Å². The van der Waals surface area contributed by atoms with E-state index in [9.17, 15) is 0 Å². The summed E-state index contributed by atoms with van der Waals surface area (Å²) in [5, 5.41) is 0. The van der Waals surface area contributed by atoms with Gasteiger partial charge >= 0.3 is 0 Å². The second-order valence-corrected chi connectivity index (χ2v) is 6.05. The van der Waals surface area contributed by atoms with Gasteiger partial charge in [0.1, 0.15) is 5.75 Å². The van der Waals surface area contributed by atoms with Gasteiger partial charge in [-0.25, -0.2) is 4.31 Å². The minimum absolute atomic E-state index is 0.722. The van der Waals surface area contributed by atoms with E-state index in [4.69, 9.17) is 4.74 Å². The molecule has 0 aromatic heterocycles. The molecule has 1 saturated heterocycles. The topological polar surface area (TPSA) is 12.5 Å². The van der Waals surface area contributed by atoms with Gasteiger partial charge in [0.15, 0.2) is 0 Å². The van der Waals surface area contributed by atoms with E-state index in [1.54, 1.807) is 7.11 Å². The van der Waals surface area contributed by atoms with Crippen molar-refractivity contribution in [3.8, 4) is 5.75 Å². The van der Waals surface area contributed by atoms with Gasteiger partial charge in [-0.05, 0) is 60.9 Å². The molecule has 3 rings (SSSR count). The molecule has 1 saturated carbocycles. The Bertz CT molecular complexity index is 372. The number of ether oxygens (including phenoxy) is 1. The number of rotatable bonds is 3. The molecule has 16 heavy (non-hydrogen) atoms. The van der Waals surface area contributed by atoms with Crippen LogP contribution in [-0.4, -0.2) is 24.5 Å². The average Bonchev–Trinajstić information content (AvgIpc) is 2.95. The van der Waals surface area contributed by atoms with Crippen LogP contribution < -0.4 is 4.74 Å². The standard InChI is InChI=1S/C13H17NOS/c1-15-11-2-4-12(5-3-11)16-14-9-8-13(10-14)6-7-13/h2-5H,6-10H2,1H3. The number of nitrogens with zero attached hydrogens (tertiary/aromatic N) is 1. The van der Waals surface area contributed by atoms with E-state index >= 15 is 0 Å². The van der Waals surface area contributed by atoms with Gasteiger partial charge in [0.2, 0.25) is 0 Å². The summed E-state index contributed by atoms with van der Waals surface area (Å²) in [6, 6.07) is 8.35. The number of benzene rings is 1. The van der Waals surface area contributed by atoms with Gasteiger partial charge in [-0.3, -0.25) is 0 Å². The molecule has 1 heterocycles. The summed E-state index contributed by atoms with van der Waals surface area (Å²) < 4.78 is 7.67. The molecule has 1 aliphatic heterocycles. The molecule has 0 atom stereocenters. The van der Waals surface area contributed by atoms with Crippen LogP contribution in [0.4, 0.5) is 0 Å². The molecule has 2 nitrogen and oxygen atoms in total. The van der Waals surface area contributed by atoms with E-state index in [-0.39, 0.29) is 0 Å². The van der Waals surface area contributed by atoms with Crippen LogP contribution >= 0.6 is 11.9 Å². The number of methoxy groups -OCH3 is 1. The Labute approximate surface area is 101 Å². The molecular weight excluding hydrogens is 218 g/mol. The summed E-state index contributed by atoms with van der Waals surface area (Å²) in [5.74, 6) is 0.935. The summed E-state index contributed by atoms with van der Waals surface area (Å²) in [4.78, 5) is 1.32. The molecule has 3 heteroatoms. The minimum Gasteiger partial charge on any atom is -0.497 e. The van der Waals surface area contributed by atoms with E-state index < -0.39 is 0 Å². The lowest BCUT2D eigenvalue weighted by atomic mass is 10.1. The zero-order chi connectivity index (χ0) is 11.0. The molecule has 1 spiro atoms. The summed E-state index contributed by atoms with van der Waals surface area (Å²) in [7, 11) is 1.71. The van der Waals surface area contributed by atoms with Crippen LogP contribution in [-0.2, 0) is 0 Å².